The second-order valence-electron chi connectivity index (χ2n) is 6.25. The summed E-state index contributed by atoms with van der Waals surface area (Å²) in [5.74, 6) is -0.300. The van der Waals surface area contributed by atoms with Gasteiger partial charge in [-0.1, -0.05) is 29.8 Å². The average molecular weight is 357 g/mol. The molecule has 1 unspecified atom stereocenters. The SMILES string of the molecule is CCOC(=O)CCC(=O)N1CCc2sccc2C1c1ccc(C)cc1. The number of carbonyl (C=O) groups is 2. The van der Waals surface area contributed by atoms with Crippen molar-refractivity contribution in [2.75, 3.05) is 13.2 Å². The van der Waals surface area contributed by atoms with Gasteiger partial charge in [-0.3, -0.25) is 9.59 Å². The molecule has 0 spiro atoms. The lowest BCUT2D eigenvalue weighted by atomic mass is 9.92. The van der Waals surface area contributed by atoms with Gasteiger partial charge in [0.25, 0.3) is 0 Å². The van der Waals surface area contributed by atoms with Gasteiger partial charge in [0.15, 0.2) is 0 Å². The largest absolute Gasteiger partial charge is 0.466 e. The fourth-order valence-electron chi connectivity index (χ4n) is 3.28. The maximum atomic E-state index is 12.8. The molecule has 0 aliphatic carbocycles. The van der Waals surface area contributed by atoms with E-state index in [4.69, 9.17) is 4.74 Å². The fourth-order valence-corrected chi connectivity index (χ4v) is 4.18. The molecule has 1 amide bonds. The fraction of sp³-hybridized carbons (Fsp3) is 0.400. The van der Waals surface area contributed by atoms with E-state index in [1.54, 1.807) is 18.3 Å². The summed E-state index contributed by atoms with van der Waals surface area (Å²) in [4.78, 5) is 27.7. The van der Waals surface area contributed by atoms with Crippen LogP contribution in [0, 0.1) is 6.92 Å². The van der Waals surface area contributed by atoms with Crippen LogP contribution in [0.1, 0.15) is 47.4 Å². The third-order valence-corrected chi connectivity index (χ3v) is 5.52. The van der Waals surface area contributed by atoms with Gasteiger partial charge >= 0.3 is 5.97 Å². The highest BCUT2D eigenvalue weighted by Crippen LogP contribution is 2.38. The third kappa shape index (κ3) is 3.93. The molecule has 1 aromatic carbocycles. The van der Waals surface area contributed by atoms with Gasteiger partial charge in [-0.15, -0.1) is 11.3 Å². The number of rotatable bonds is 5. The van der Waals surface area contributed by atoms with Gasteiger partial charge in [-0.2, -0.15) is 0 Å². The van der Waals surface area contributed by atoms with Crippen LogP contribution >= 0.6 is 11.3 Å². The molecular formula is C20H23NO3S. The molecule has 1 atom stereocenters. The van der Waals surface area contributed by atoms with Crippen LogP contribution in [-0.4, -0.2) is 29.9 Å². The van der Waals surface area contributed by atoms with Crippen LogP contribution in [0.5, 0.6) is 0 Å². The Balaban J connectivity index is 1.83. The Morgan fingerprint density at radius 2 is 1.96 bits per heavy atom. The Bertz CT molecular complexity index is 751. The van der Waals surface area contributed by atoms with Crippen molar-refractivity contribution in [3.8, 4) is 0 Å². The van der Waals surface area contributed by atoms with Crippen LogP contribution < -0.4 is 0 Å². The molecule has 1 aromatic heterocycles. The summed E-state index contributed by atoms with van der Waals surface area (Å²) < 4.78 is 4.94. The lowest BCUT2D eigenvalue weighted by Crippen LogP contribution is -2.40. The lowest BCUT2D eigenvalue weighted by Gasteiger charge is -2.36. The van der Waals surface area contributed by atoms with Crippen LogP contribution in [0.3, 0.4) is 0 Å². The van der Waals surface area contributed by atoms with Gasteiger partial charge in [0.05, 0.1) is 19.1 Å². The highest BCUT2D eigenvalue weighted by molar-refractivity contribution is 7.10. The Labute approximate surface area is 152 Å². The minimum absolute atomic E-state index is 0.00970. The summed E-state index contributed by atoms with van der Waals surface area (Å²) >= 11 is 1.75. The molecule has 25 heavy (non-hydrogen) atoms. The zero-order valence-corrected chi connectivity index (χ0v) is 15.5. The van der Waals surface area contributed by atoms with Gasteiger partial charge in [0, 0.05) is 17.8 Å². The smallest absolute Gasteiger partial charge is 0.306 e. The first-order valence-electron chi connectivity index (χ1n) is 8.68. The topological polar surface area (TPSA) is 46.6 Å². The average Bonchev–Trinajstić information content (AvgIpc) is 3.08. The van der Waals surface area contributed by atoms with Crippen molar-refractivity contribution < 1.29 is 14.3 Å². The molecule has 2 aromatic rings. The maximum Gasteiger partial charge on any atom is 0.306 e. The van der Waals surface area contributed by atoms with E-state index in [-0.39, 0.29) is 30.8 Å². The number of nitrogens with zero attached hydrogens (tertiary/aromatic N) is 1. The minimum atomic E-state index is -0.309. The summed E-state index contributed by atoms with van der Waals surface area (Å²) in [6.07, 6.45) is 1.21. The van der Waals surface area contributed by atoms with E-state index in [9.17, 15) is 9.59 Å². The third-order valence-electron chi connectivity index (χ3n) is 4.53. The molecule has 5 heteroatoms. The highest BCUT2D eigenvalue weighted by Gasteiger charge is 2.32. The quantitative estimate of drug-likeness (QED) is 0.763. The van der Waals surface area contributed by atoms with Crippen LogP contribution in [0.25, 0.3) is 0 Å². The molecule has 0 bridgehead atoms. The molecule has 3 rings (SSSR count). The Hall–Kier alpha value is -2.14. The van der Waals surface area contributed by atoms with Gasteiger partial charge in [-0.05, 0) is 42.8 Å². The maximum absolute atomic E-state index is 12.8. The van der Waals surface area contributed by atoms with Crippen LogP contribution in [0.2, 0.25) is 0 Å². The van der Waals surface area contributed by atoms with Crippen molar-refractivity contribution in [3.63, 3.8) is 0 Å². The van der Waals surface area contributed by atoms with E-state index in [0.717, 1.165) is 12.0 Å². The molecule has 0 fully saturated rings. The van der Waals surface area contributed by atoms with Crippen molar-refractivity contribution >= 4 is 23.2 Å². The van der Waals surface area contributed by atoms with Gasteiger partial charge in [0.1, 0.15) is 0 Å². The zero-order chi connectivity index (χ0) is 17.8. The molecule has 0 N–H and O–H groups in total. The summed E-state index contributed by atoms with van der Waals surface area (Å²) in [6.45, 7) is 4.87. The van der Waals surface area contributed by atoms with E-state index in [0.29, 0.717) is 13.2 Å². The second kappa shape index (κ2) is 7.83. The number of carbonyl (C=O) groups excluding carboxylic acids is 2. The first-order valence-corrected chi connectivity index (χ1v) is 9.56. The summed E-state index contributed by atoms with van der Waals surface area (Å²) in [5, 5.41) is 2.10. The van der Waals surface area contributed by atoms with E-state index < -0.39 is 0 Å². The number of esters is 1. The van der Waals surface area contributed by atoms with E-state index in [1.165, 1.54) is 16.0 Å². The van der Waals surface area contributed by atoms with Gasteiger partial charge in [-0.25, -0.2) is 0 Å². The Morgan fingerprint density at radius 3 is 2.68 bits per heavy atom. The van der Waals surface area contributed by atoms with Crippen molar-refractivity contribution in [2.45, 2.75) is 39.2 Å². The zero-order valence-electron chi connectivity index (χ0n) is 14.7. The Morgan fingerprint density at radius 1 is 1.20 bits per heavy atom. The number of thiophene rings is 1. The van der Waals surface area contributed by atoms with E-state index in [2.05, 4.69) is 42.6 Å². The van der Waals surface area contributed by atoms with E-state index in [1.807, 2.05) is 4.90 Å². The minimum Gasteiger partial charge on any atom is -0.466 e. The van der Waals surface area contributed by atoms with Gasteiger partial charge < -0.3 is 9.64 Å². The van der Waals surface area contributed by atoms with Crippen molar-refractivity contribution in [1.29, 1.82) is 0 Å². The number of hydrogen-bond donors (Lipinski definition) is 0. The summed E-state index contributed by atoms with van der Waals surface area (Å²) in [5.41, 5.74) is 3.53. The molecular weight excluding hydrogens is 334 g/mol. The highest BCUT2D eigenvalue weighted by atomic mass is 32.1. The van der Waals surface area contributed by atoms with Gasteiger partial charge in [0.2, 0.25) is 5.91 Å². The monoisotopic (exact) mass is 357 g/mol. The first kappa shape index (κ1) is 17.7. The number of amides is 1. The summed E-state index contributed by atoms with van der Waals surface area (Å²) in [6, 6.07) is 10.4. The van der Waals surface area contributed by atoms with Crippen molar-refractivity contribution in [2.24, 2.45) is 0 Å². The number of hydrogen-bond acceptors (Lipinski definition) is 4. The van der Waals surface area contributed by atoms with Crippen LogP contribution in [-0.2, 0) is 20.7 Å². The first-order chi connectivity index (χ1) is 12.1. The molecule has 0 saturated heterocycles. The molecule has 4 nitrogen and oxygen atoms in total. The standard InChI is InChI=1S/C20H23NO3S/c1-3-24-19(23)9-8-18(22)21-12-10-17-16(11-13-25-17)20(21)15-6-4-14(2)5-7-15/h4-7,11,13,20H,3,8-10,12H2,1-2H3. The molecule has 1 aliphatic rings. The van der Waals surface area contributed by atoms with Crippen molar-refractivity contribution in [1.82, 2.24) is 4.90 Å². The normalized spacial score (nSPS) is 16.4. The molecule has 0 saturated carbocycles. The molecule has 0 radical (unpaired) electrons. The predicted octanol–water partition coefficient (Wildman–Crippen LogP) is 3.87. The lowest BCUT2D eigenvalue weighted by molar-refractivity contribution is -0.146. The van der Waals surface area contributed by atoms with Crippen LogP contribution in [0.4, 0.5) is 0 Å². The van der Waals surface area contributed by atoms with Crippen LogP contribution in [0.15, 0.2) is 35.7 Å². The number of benzene rings is 1. The molecule has 2 heterocycles. The molecule has 1 aliphatic heterocycles. The molecule has 132 valence electrons. The Kier molecular flexibility index (Phi) is 5.53. The second-order valence-corrected chi connectivity index (χ2v) is 7.26. The number of aryl methyl sites for hydroxylation is 1. The van der Waals surface area contributed by atoms with Crippen molar-refractivity contribution in [3.05, 3.63) is 57.3 Å². The number of ether oxygens (including phenoxy) is 1. The summed E-state index contributed by atoms with van der Waals surface area (Å²) in [7, 11) is 0. The number of fused-ring (bicyclic) bond motifs is 1. The van der Waals surface area contributed by atoms with E-state index >= 15 is 0 Å². The predicted molar refractivity (Wildman–Crippen MR) is 98.6 cm³/mol.